The lowest BCUT2D eigenvalue weighted by Gasteiger charge is -2.29. The zero-order chi connectivity index (χ0) is 15.3. The van der Waals surface area contributed by atoms with Gasteiger partial charge in [0.1, 0.15) is 0 Å². The first-order valence-electron chi connectivity index (χ1n) is 8.42. The summed E-state index contributed by atoms with van der Waals surface area (Å²) in [6.45, 7) is 7.99. The molecule has 2 heteroatoms. The third-order valence-electron chi connectivity index (χ3n) is 4.80. The van der Waals surface area contributed by atoms with Gasteiger partial charge in [-0.2, -0.15) is 11.8 Å². The molecular formula is C19H31NS. The second-order valence-corrected chi connectivity index (χ2v) is 8.31. The van der Waals surface area contributed by atoms with Gasteiger partial charge in [0.15, 0.2) is 0 Å². The summed E-state index contributed by atoms with van der Waals surface area (Å²) in [5.41, 5.74) is 2.87. The summed E-state index contributed by atoms with van der Waals surface area (Å²) in [6, 6.07) is 9.65. The van der Waals surface area contributed by atoms with Crippen molar-refractivity contribution in [1.29, 1.82) is 0 Å². The normalized spacial score (nSPS) is 19.1. The molecule has 0 amide bonds. The maximum atomic E-state index is 3.77. The molecule has 1 aromatic rings. The molecule has 1 atom stereocenters. The fourth-order valence-electron chi connectivity index (χ4n) is 3.34. The average Bonchev–Trinajstić information content (AvgIpc) is 2.94. The van der Waals surface area contributed by atoms with Crippen LogP contribution in [0.4, 0.5) is 0 Å². The molecule has 1 unspecified atom stereocenters. The van der Waals surface area contributed by atoms with Crippen molar-refractivity contribution >= 4 is 11.8 Å². The summed E-state index contributed by atoms with van der Waals surface area (Å²) in [7, 11) is 0. The molecule has 0 bridgehead atoms. The number of rotatable bonds is 7. The second-order valence-electron chi connectivity index (χ2n) is 7.04. The molecule has 0 spiro atoms. The van der Waals surface area contributed by atoms with Gasteiger partial charge in [0.05, 0.1) is 0 Å². The summed E-state index contributed by atoms with van der Waals surface area (Å²) in [4.78, 5) is 0. The highest BCUT2D eigenvalue weighted by atomic mass is 32.2. The van der Waals surface area contributed by atoms with Crippen molar-refractivity contribution < 1.29 is 0 Å². The highest BCUT2D eigenvalue weighted by molar-refractivity contribution is 8.00. The number of hydrogen-bond donors (Lipinski definition) is 1. The van der Waals surface area contributed by atoms with Crippen molar-refractivity contribution in [2.45, 2.75) is 63.7 Å². The standard InChI is InChI=1S/C19H31NS/c1-15(2)13-17-7-9-18(10-8-17)16(3)20-14-19(21-4)11-5-6-12-19/h7-10,15-16,20H,5-6,11-14H2,1-4H3. The van der Waals surface area contributed by atoms with Crippen LogP contribution in [0.2, 0.25) is 0 Å². The molecule has 0 saturated heterocycles. The van der Waals surface area contributed by atoms with Crippen molar-refractivity contribution in [3.05, 3.63) is 35.4 Å². The Balaban J connectivity index is 1.89. The molecule has 118 valence electrons. The molecule has 0 aliphatic heterocycles. The number of benzene rings is 1. The van der Waals surface area contributed by atoms with E-state index < -0.39 is 0 Å². The molecule has 0 radical (unpaired) electrons. The van der Waals surface area contributed by atoms with Gasteiger partial charge in [-0.15, -0.1) is 0 Å². The lowest BCUT2D eigenvalue weighted by atomic mass is 9.99. The molecular weight excluding hydrogens is 274 g/mol. The Morgan fingerprint density at radius 1 is 1.10 bits per heavy atom. The minimum absolute atomic E-state index is 0.447. The van der Waals surface area contributed by atoms with E-state index in [1.165, 1.54) is 43.2 Å². The Hall–Kier alpha value is -0.470. The SMILES string of the molecule is CSC1(CNC(C)c2ccc(CC(C)C)cc2)CCCC1. The molecule has 0 aromatic heterocycles. The Labute approximate surface area is 135 Å². The Bertz CT molecular complexity index is 418. The van der Waals surface area contributed by atoms with Crippen LogP contribution < -0.4 is 5.32 Å². The number of hydrogen-bond acceptors (Lipinski definition) is 2. The van der Waals surface area contributed by atoms with Crippen molar-refractivity contribution in [3.8, 4) is 0 Å². The van der Waals surface area contributed by atoms with Gasteiger partial charge in [-0.25, -0.2) is 0 Å². The van der Waals surface area contributed by atoms with Gasteiger partial charge in [0.2, 0.25) is 0 Å². The van der Waals surface area contributed by atoms with Gasteiger partial charge < -0.3 is 5.32 Å². The predicted octanol–water partition coefficient (Wildman–Crippen LogP) is 5.21. The van der Waals surface area contributed by atoms with E-state index in [-0.39, 0.29) is 0 Å². The quantitative estimate of drug-likeness (QED) is 0.742. The van der Waals surface area contributed by atoms with Crippen LogP contribution in [0.1, 0.15) is 63.6 Å². The van der Waals surface area contributed by atoms with Gasteiger partial charge in [-0.05, 0) is 49.5 Å². The zero-order valence-electron chi connectivity index (χ0n) is 14.1. The highest BCUT2D eigenvalue weighted by Gasteiger charge is 2.32. The van der Waals surface area contributed by atoms with Crippen LogP contribution in [-0.4, -0.2) is 17.5 Å². The van der Waals surface area contributed by atoms with E-state index in [9.17, 15) is 0 Å². The number of thioether (sulfide) groups is 1. The third-order valence-corrected chi connectivity index (χ3v) is 6.22. The first-order valence-corrected chi connectivity index (χ1v) is 9.64. The van der Waals surface area contributed by atoms with Crippen LogP contribution in [0.5, 0.6) is 0 Å². The maximum Gasteiger partial charge on any atom is 0.0292 e. The van der Waals surface area contributed by atoms with Crippen molar-refractivity contribution in [3.63, 3.8) is 0 Å². The lowest BCUT2D eigenvalue weighted by Crippen LogP contribution is -2.36. The monoisotopic (exact) mass is 305 g/mol. The molecule has 1 nitrogen and oxygen atoms in total. The van der Waals surface area contributed by atoms with Gasteiger partial charge in [0, 0.05) is 17.3 Å². The Morgan fingerprint density at radius 2 is 1.71 bits per heavy atom. The molecule has 1 saturated carbocycles. The molecule has 21 heavy (non-hydrogen) atoms. The molecule has 0 heterocycles. The van der Waals surface area contributed by atoms with E-state index in [4.69, 9.17) is 0 Å². The van der Waals surface area contributed by atoms with Crippen LogP contribution >= 0.6 is 11.8 Å². The first-order chi connectivity index (χ1) is 10.0. The summed E-state index contributed by atoms with van der Waals surface area (Å²) >= 11 is 2.06. The average molecular weight is 306 g/mol. The first kappa shape index (κ1) is 16.9. The maximum absolute atomic E-state index is 3.77. The van der Waals surface area contributed by atoms with Crippen LogP contribution in [0.15, 0.2) is 24.3 Å². The van der Waals surface area contributed by atoms with Crippen LogP contribution in [0, 0.1) is 5.92 Å². The number of nitrogens with one attached hydrogen (secondary N) is 1. The molecule has 1 fully saturated rings. The van der Waals surface area contributed by atoms with Gasteiger partial charge in [-0.1, -0.05) is 51.0 Å². The fraction of sp³-hybridized carbons (Fsp3) is 0.684. The fourth-order valence-corrected chi connectivity index (χ4v) is 4.27. The van der Waals surface area contributed by atoms with Gasteiger partial charge >= 0.3 is 0 Å². The van der Waals surface area contributed by atoms with E-state index >= 15 is 0 Å². The van der Waals surface area contributed by atoms with Crippen molar-refractivity contribution in [1.82, 2.24) is 5.32 Å². The van der Waals surface area contributed by atoms with Gasteiger partial charge in [0.25, 0.3) is 0 Å². The second kappa shape index (κ2) is 7.69. The lowest BCUT2D eigenvalue weighted by molar-refractivity contribution is 0.486. The van der Waals surface area contributed by atoms with Crippen LogP contribution in [0.3, 0.4) is 0 Å². The summed E-state index contributed by atoms with van der Waals surface area (Å²) in [5.74, 6) is 0.732. The van der Waals surface area contributed by atoms with Crippen molar-refractivity contribution in [2.24, 2.45) is 5.92 Å². The van der Waals surface area contributed by atoms with Gasteiger partial charge in [-0.3, -0.25) is 0 Å². The minimum atomic E-state index is 0.447. The smallest absolute Gasteiger partial charge is 0.0292 e. The van der Waals surface area contributed by atoms with E-state index in [0.29, 0.717) is 10.8 Å². The molecule has 1 aromatic carbocycles. The molecule has 2 rings (SSSR count). The van der Waals surface area contributed by atoms with Crippen LogP contribution in [-0.2, 0) is 6.42 Å². The van der Waals surface area contributed by atoms with E-state index in [2.05, 4.69) is 68.4 Å². The third kappa shape index (κ3) is 4.75. The Morgan fingerprint density at radius 3 is 2.24 bits per heavy atom. The topological polar surface area (TPSA) is 12.0 Å². The van der Waals surface area contributed by atoms with E-state index in [0.717, 1.165) is 12.5 Å². The minimum Gasteiger partial charge on any atom is -0.309 e. The summed E-state index contributed by atoms with van der Waals surface area (Å²) in [5, 5.41) is 3.77. The molecule has 1 N–H and O–H groups in total. The summed E-state index contributed by atoms with van der Waals surface area (Å²) < 4.78 is 0.492. The largest absolute Gasteiger partial charge is 0.309 e. The highest BCUT2D eigenvalue weighted by Crippen LogP contribution is 2.39. The van der Waals surface area contributed by atoms with E-state index in [1.54, 1.807) is 0 Å². The van der Waals surface area contributed by atoms with Crippen molar-refractivity contribution in [2.75, 3.05) is 12.8 Å². The molecule has 1 aliphatic carbocycles. The summed E-state index contributed by atoms with van der Waals surface area (Å²) in [6.07, 6.45) is 9.01. The molecule has 1 aliphatic rings. The Kier molecular flexibility index (Phi) is 6.19. The van der Waals surface area contributed by atoms with E-state index in [1.807, 2.05) is 0 Å². The predicted molar refractivity (Wildman–Crippen MR) is 96.1 cm³/mol. The zero-order valence-corrected chi connectivity index (χ0v) is 14.9. The van der Waals surface area contributed by atoms with Crippen LogP contribution in [0.25, 0.3) is 0 Å².